The third-order valence-corrected chi connectivity index (χ3v) is 4.70. The third-order valence-electron chi connectivity index (χ3n) is 3.84. The highest BCUT2D eigenvalue weighted by molar-refractivity contribution is 7.90. The molecule has 2 aromatic heterocycles. The molecule has 0 unspecified atom stereocenters. The molecule has 0 spiro atoms. The van der Waals surface area contributed by atoms with E-state index in [-0.39, 0.29) is 5.16 Å². The maximum Gasteiger partial charge on any atom is 0.433 e. The molecule has 0 atom stereocenters. The van der Waals surface area contributed by atoms with Crippen LogP contribution in [0, 0.1) is 0 Å². The molecule has 0 fully saturated rings. The molecule has 134 valence electrons. The lowest BCUT2D eigenvalue weighted by atomic mass is 10.1. The van der Waals surface area contributed by atoms with Gasteiger partial charge in [-0.25, -0.2) is 18.4 Å². The lowest BCUT2D eigenvalue weighted by Gasteiger charge is -2.27. The van der Waals surface area contributed by atoms with Gasteiger partial charge in [-0.15, -0.1) is 0 Å². The van der Waals surface area contributed by atoms with Crippen LogP contribution in [-0.4, -0.2) is 41.1 Å². The summed E-state index contributed by atoms with van der Waals surface area (Å²) in [6, 6.07) is 2.38. The smallest absolute Gasteiger partial charge is 0.294 e. The topological polar surface area (TPSA) is 76.1 Å². The third kappa shape index (κ3) is 4.13. The zero-order valence-corrected chi connectivity index (χ0v) is 14.1. The van der Waals surface area contributed by atoms with Crippen LogP contribution in [0.15, 0.2) is 29.7 Å². The van der Waals surface area contributed by atoms with Crippen LogP contribution < -0.4 is 0 Å². The summed E-state index contributed by atoms with van der Waals surface area (Å²) in [6.07, 6.45) is -0.120. The van der Waals surface area contributed by atoms with Gasteiger partial charge in [0, 0.05) is 50.3 Å². The summed E-state index contributed by atoms with van der Waals surface area (Å²) in [4.78, 5) is 13.5. The molecular weight excluding hydrogens is 357 g/mol. The van der Waals surface area contributed by atoms with Crippen LogP contribution in [0.5, 0.6) is 0 Å². The molecule has 0 N–H and O–H groups in total. The summed E-state index contributed by atoms with van der Waals surface area (Å²) in [5, 5.41) is -0.188. The van der Waals surface area contributed by atoms with Crippen LogP contribution in [0.2, 0.25) is 0 Å². The maximum atomic E-state index is 12.5. The van der Waals surface area contributed by atoms with Gasteiger partial charge in [0.15, 0.2) is 0 Å². The first-order valence-corrected chi connectivity index (χ1v) is 9.31. The van der Waals surface area contributed by atoms with Crippen LogP contribution in [-0.2, 0) is 35.5 Å². The Morgan fingerprint density at radius 3 is 2.56 bits per heavy atom. The Labute approximate surface area is 142 Å². The summed E-state index contributed by atoms with van der Waals surface area (Å²) in [5.74, 6) is 0. The Morgan fingerprint density at radius 1 is 1.20 bits per heavy atom. The van der Waals surface area contributed by atoms with Crippen LogP contribution in [0.4, 0.5) is 13.2 Å². The number of nitrogens with zero attached hydrogens (tertiary/aromatic N) is 4. The van der Waals surface area contributed by atoms with Gasteiger partial charge in [0.1, 0.15) is 5.69 Å². The molecule has 25 heavy (non-hydrogen) atoms. The Hall–Kier alpha value is -2.07. The number of fused-ring (bicyclic) bond motifs is 1. The molecule has 0 saturated heterocycles. The highest BCUT2D eigenvalue weighted by Crippen LogP contribution is 2.27. The standard InChI is InChI=1S/C15H15F3N4O2S/c1-25(23,24)14-20-7-11-9-22(5-4-12(11)21-14)8-10-2-3-13(19-6-10)15(16,17)18/h2-3,6-7H,4-5,8-9H2,1H3. The van der Waals surface area contributed by atoms with E-state index in [2.05, 4.69) is 15.0 Å². The number of rotatable bonds is 3. The predicted octanol–water partition coefficient (Wildman–Crippen LogP) is 1.85. The van der Waals surface area contributed by atoms with Gasteiger partial charge >= 0.3 is 6.18 Å². The van der Waals surface area contributed by atoms with Gasteiger partial charge in [0.2, 0.25) is 15.0 Å². The second-order valence-electron chi connectivity index (χ2n) is 5.91. The number of aromatic nitrogens is 3. The highest BCUT2D eigenvalue weighted by atomic mass is 32.2. The summed E-state index contributed by atoms with van der Waals surface area (Å²) >= 11 is 0. The van der Waals surface area contributed by atoms with Crippen molar-refractivity contribution in [3.8, 4) is 0 Å². The van der Waals surface area contributed by atoms with Crippen molar-refractivity contribution in [2.75, 3.05) is 12.8 Å². The Morgan fingerprint density at radius 2 is 1.96 bits per heavy atom. The Bertz CT molecular complexity index is 883. The van der Waals surface area contributed by atoms with Crippen molar-refractivity contribution in [2.24, 2.45) is 0 Å². The number of pyridine rings is 1. The normalized spacial score (nSPS) is 15.8. The second kappa shape index (κ2) is 6.34. The Kier molecular flexibility index (Phi) is 4.50. The van der Waals surface area contributed by atoms with E-state index in [0.29, 0.717) is 37.3 Å². The molecule has 0 aromatic carbocycles. The summed E-state index contributed by atoms with van der Waals surface area (Å²) < 4.78 is 60.6. The quantitative estimate of drug-likeness (QED) is 0.766. The molecular formula is C15H15F3N4O2S. The minimum absolute atomic E-state index is 0.188. The molecule has 6 nitrogen and oxygen atoms in total. The molecule has 1 aliphatic rings. The molecule has 10 heteroatoms. The fraction of sp³-hybridized carbons (Fsp3) is 0.400. The van der Waals surface area contributed by atoms with E-state index in [9.17, 15) is 21.6 Å². The predicted molar refractivity (Wildman–Crippen MR) is 82.2 cm³/mol. The first kappa shape index (κ1) is 17.7. The number of sulfone groups is 1. The van der Waals surface area contributed by atoms with Crippen LogP contribution in [0.1, 0.15) is 22.5 Å². The monoisotopic (exact) mass is 372 g/mol. The first-order valence-electron chi connectivity index (χ1n) is 7.42. The molecule has 2 aromatic rings. The molecule has 3 rings (SSSR count). The molecule has 0 aliphatic carbocycles. The fourth-order valence-electron chi connectivity index (χ4n) is 2.61. The van der Waals surface area contributed by atoms with E-state index in [1.165, 1.54) is 18.5 Å². The zero-order chi connectivity index (χ0) is 18.2. The van der Waals surface area contributed by atoms with Crippen LogP contribution in [0.25, 0.3) is 0 Å². The number of halogens is 3. The van der Waals surface area contributed by atoms with Gasteiger partial charge in [0.25, 0.3) is 0 Å². The summed E-state index contributed by atoms with van der Waals surface area (Å²) in [7, 11) is -3.45. The first-order chi connectivity index (χ1) is 11.6. The fourth-order valence-corrected chi connectivity index (χ4v) is 3.13. The molecule has 0 radical (unpaired) electrons. The van der Waals surface area contributed by atoms with Crippen molar-refractivity contribution in [3.63, 3.8) is 0 Å². The van der Waals surface area contributed by atoms with E-state index in [0.717, 1.165) is 17.9 Å². The van der Waals surface area contributed by atoms with E-state index in [1.807, 2.05) is 4.90 Å². The summed E-state index contributed by atoms with van der Waals surface area (Å²) in [5.41, 5.74) is 1.27. The molecule has 0 bridgehead atoms. The van der Waals surface area contributed by atoms with Crippen molar-refractivity contribution >= 4 is 9.84 Å². The van der Waals surface area contributed by atoms with Gasteiger partial charge in [-0.05, 0) is 11.6 Å². The lowest BCUT2D eigenvalue weighted by molar-refractivity contribution is -0.141. The number of hydrogen-bond donors (Lipinski definition) is 0. The summed E-state index contributed by atoms with van der Waals surface area (Å²) in [6.45, 7) is 1.56. The zero-order valence-electron chi connectivity index (χ0n) is 13.3. The van der Waals surface area contributed by atoms with E-state index in [4.69, 9.17) is 0 Å². The second-order valence-corrected chi connectivity index (χ2v) is 7.82. The lowest BCUT2D eigenvalue weighted by Crippen LogP contribution is -2.31. The van der Waals surface area contributed by atoms with Gasteiger partial charge < -0.3 is 0 Å². The van der Waals surface area contributed by atoms with Gasteiger partial charge in [-0.3, -0.25) is 9.88 Å². The minimum Gasteiger partial charge on any atom is -0.294 e. The largest absolute Gasteiger partial charge is 0.433 e. The van der Waals surface area contributed by atoms with Crippen LogP contribution in [0.3, 0.4) is 0 Å². The minimum atomic E-state index is -4.45. The van der Waals surface area contributed by atoms with E-state index < -0.39 is 21.7 Å². The molecule has 0 saturated carbocycles. The van der Waals surface area contributed by atoms with Crippen molar-refractivity contribution in [1.29, 1.82) is 0 Å². The average molecular weight is 372 g/mol. The SMILES string of the molecule is CS(=O)(=O)c1ncc2c(n1)CCN(Cc1ccc(C(F)(F)F)nc1)C2. The highest BCUT2D eigenvalue weighted by Gasteiger charge is 2.32. The van der Waals surface area contributed by atoms with Crippen LogP contribution >= 0.6 is 0 Å². The Balaban J connectivity index is 1.71. The van der Waals surface area contributed by atoms with E-state index in [1.54, 1.807) is 0 Å². The maximum absolute atomic E-state index is 12.5. The van der Waals surface area contributed by atoms with Crippen molar-refractivity contribution in [1.82, 2.24) is 19.9 Å². The van der Waals surface area contributed by atoms with Crippen molar-refractivity contribution in [2.45, 2.75) is 30.8 Å². The van der Waals surface area contributed by atoms with Crippen molar-refractivity contribution in [3.05, 3.63) is 47.0 Å². The number of alkyl halides is 3. The molecule has 1 aliphatic heterocycles. The molecule has 0 amide bonds. The van der Waals surface area contributed by atoms with Gasteiger partial charge in [-0.1, -0.05) is 6.07 Å². The average Bonchev–Trinajstić information content (AvgIpc) is 2.53. The number of hydrogen-bond acceptors (Lipinski definition) is 6. The molecule has 3 heterocycles. The van der Waals surface area contributed by atoms with Crippen molar-refractivity contribution < 1.29 is 21.6 Å². The van der Waals surface area contributed by atoms with E-state index >= 15 is 0 Å². The van der Waals surface area contributed by atoms with Gasteiger partial charge in [-0.2, -0.15) is 13.2 Å². The van der Waals surface area contributed by atoms with Gasteiger partial charge in [0.05, 0.1) is 5.69 Å².